The second-order valence-corrected chi connectivity index (χ2v) is 7.09. The summed E-state index contributed by atoms with van der Waals surface area (Å²) in [6.07, 6.45) is 1.29. The second kappa shape index (κ2) is 6.90. The van der Waals surface area contributed by atoms with Crippen LogP contribution in [0.1, 0.15) is 36.8 Å². The van der Waals surface area contributed by atoms with Gasteiger partial charge in [0, 0.05) is 5.75 Å². The Morgan fingerprint density at radius 2 is 1.78 bits per heavy atom. The molecule has 2 N–H and O–H groups in total. The Balaban J connectivity index is 2.65. The Bertz CT molecular complexity index is 451. The summed E-state index contributed by atoms with van der Waals surface area (Å²) < 4.78 is 23.4. The summed E-state index contributed by atoms with van der Waals surface area (Å²) in [5.41, 5.74) is 8.09. The van der Waals surface area contributed by atoms with Crippen LogP contribution in [0, 0.1) is 6.92 Å². The molecule has 3 nitrogen and oxygen atoms in total. The highest BCUT2D eigenvalue weighted by molar-refractivity contribution is 7.91. The lowest BCUT2D eigenvalue weighted by Gasteiger charge is -2.15. The van der Waals surface area contributed by atoms with Crippen LogP contribution in [0.2, 0.25) is 0 Å². The van der Waals surface area contributed by atoms with E-state index in [0.29, 0.717) is 19.4 Å². The molecule has 0 saturated heterocycles. The Labute approximate surface area is 110 Å². The molecule has 1 aromatic carbocycles. The van der Waals surface area contributed by atoms with Crippen molar-refractivity contribution in [1.82, 2.24) is 0 Å². The van der Waals surface area contributed by atoms with Gasteiger partial charge < -0.3 is 5.73 Å². The number of benzene rings is 1. The molecular formula is C14H23NO2S. The van der Waals surface area contributed by atoms with Gasteiger partial charge >= 0.3 is 0 Å². The lowest BCUT2D eigenvalue weighted by molar-refractivity contribution is 0.583. The molecule has 1 rings (SSSR count). The molecule has 102 valence electrons. The normalized spacial score (nSPS) is 13.5. The SMILES string of the molecule is CCCS(=O)(=O)CCC(CN)c1ccc(C)cc1. The van der Waals surface area contributed by atoms with E-state index in [1.54, 1.807) is 0 Å². The van der Waals surface area contributed by atoms with Crippen LogP contribution in [0.25, 0.3) is 0 Å². The van der Waals surface area contributed by atoms with Gasteiger partial charge in [-0.3, -0.25) is 0 Å². The van der Waals surface area contributed by atoms with Crippen molar-refractivity contribution in [2.45, 2.75) is 32.6 Å². The molecule has 0 aliphatic heterocycles. The zero-order valence-corrected chi connectivity index (χ0v) is 12.0. The Kier molecular flexibility index (Phi) is 5.82. The van der Waals surface area contributed by atoms with Gasteiger partial charge in [-0.05, 0) is 37.8 Å². The summed E-state index contributed by atoms with van der Waals surface area (Å²) in [6.45, 7) is 4.41. The smallest absolute Gasteiger partial charge is 0.150 e. The highest BCUT2D eigenvalue weighted by Crippen LogP contribution is 2.20. The molecule has 0 bridgehead atoms. The number of nitrogens with two attached hydrogens (primary N) is 1. The zero-order chi connectivity index (χ0) is 13.6. The van der Waals surface area contributed by atoms with E-state index in [2.05, 4.69) is 0 Å². The number of aryl methyl sites for hydroxylation is 1. The van der Waals surface area contributed by atoms with Gasteiger partial charge in [-0.1, -0.05) is 36.8 Å². The first kappa shape index (κ1) is 15.2. The Hall–Kier alpha value is -0.870. The fourth-order valence-corrected chi connectivity index (χ4v) is 3.46. The molecule has 0 radical (unpaired) electrons. The van der Waals surface area contributed by atoms with E-state index in [9.17, 15) is 8.42 Å². The fourth-order valence-electron chi connectivity index (χ4n) is 1.99. The van der Waals surface area contributed by atoms with Crippen LogP contribution in [-0.4, -0.2) is 26.5 Å². The summed E-state index contributed by atoms with van der Waals surface area (Å²) in [6, 6.07) is 8.16. The maximum Gasteiger partial charge on any atom is 0.150 e. The van der Waals surface area contributed by atoms with Crippen LogP contribution in [0.4, 0.5) is 0 Å². The lowest BCUT2D eigenvalue weighted by atomic mass is 9.96. The molecule has 0 heterocycles. The van der Waals surface area contributed by atoms with E-state index < -0.39 is 9.84 Å². The van der Waals surface area contributed by atoms with E-state index >= 15 is 0 Å². The third-order valence-electron chi connectivity index (χ3n) is 3.13. The molecule has 1 aromatic rings. The van der Waals surface area contributed by atoms with E-state index in [-0.39, 0.29) is 17.4 Å². The molecule has 18 heavy (non-hydrogen) atoms. The first-order valence-corrected chi connectivity index (χ1v) is 8.27. The number of rotatable bonds is 7. The van der Waals surface area contributed by atoms with Gasteiger partial charge in [0.15, 0.2) is 0 Å². The second-order valence-electron chi connectivity index (χ2n) is 4.78. The van der Waals surface area contributed by atoms with Crippen LogP contribution in [0.5, 0.6) is 0 Å². The molecule has 4 heteroatoms. The third kappa shape index (κ3) is 4.78. The number of hydrogen-bond acceptors (Lipinski definition) is 3. The van der Waals surface area contributed by atoms with Crippen molar-refractivity contribution < 1.29 is 8.42 Å². The van der Waals surface area contributed by atoms with Gasteiger partial charge in [-0.15, -0.1) is 0 Å². The minimum Gasteiger partial charge on any atom is -0.330 e. The average molecular weight is 269 g/mol. The van der Waals surface area contributed by atoms with Crippen molar-refractivity contribution in [3.05, 3.63) is 35.4 Å². The Morgan fingerprint density at radius 1 is 1.17 bits per heavy atom. The van der Waals surface area contributed by atoms with Crippen LogP contribution in [0.3, 0.4) is 0 Å². The minimum absolute atomic E-state index is 0.136. The van der Waals surface area contributed by atoms with Gasteiger partial charge in [0.2, 0.25) is 0 Å². The highest BCUT2D eigenvalue weighted by atomic mass is 32.2. The summed E-state index contributed by atoms with van der Waals surface area (Å²) in [7, 11) is -2.91. The maximum absolute atomic E-state index is 11.7. The summed E-state index contributed by atoms with van der Waals surface area (Å²) in [4.78, 5) is 0. The van der Waals surface area contributed by atoms with E-state index in [1.165, 1.54) is 5.56 Å². The molecule has 0 amide bonds. The Morgan fingerprint density at radius 3 is 2.28 bits per heavy atom. The summed E-state index contributed by atoms with van der Waals surface area (Å²) >= 11 is 0. The first-order chi connectivity index (χ1) is 8.48. The van der Waals surface area contributed by atoms with Crippen molar-refractivity contribution in [1.29, 1.82) is 0 Å². The topological polar surface area (TPSA) is 60.2 Å². The van der Waals surface area contributed by atoms with Crippen LogP contribution < -0.4 is 5.73 Å². The van der Waals surface area contributed by atoms with Gasteiger partial charge in [0.05, 0.1) is 5.75 Å². The third-order valence-corrected chi connectivity index (χ3v) is 5.01. The fraction of sp³-hybridized carbons (Fsp3) is 0.571. The van der Waals surface area contributed by atoms with E-state index in [4.69, 9.17) is 5.73 Å². The largest absolute Gasteiger partial charge is 0.330 e. The average Bonchev–Trinajstić information content (AvgIpc) is 2.32. The van der Waals surface area contributed by atoms with Crippen molar-refractivity contribution in [2.24, 2.45) is 5.73 Å². The molecular weight excluding hydrogens is 246 g/mol. The molecule has 0 aliphatic rings. The van der Waals surface area contributed by atoms with Crippen molar-refractivity contribution in [2.75, 3.05) is 18.1 Å². The van der Waals surface area contributed by atoms with Crippen LogP contribution >= 0.6 is 0 Å². The lowest BCUT2D eigenvalue weighted by Crippen LogP contribution is -2.18. The van der Waals surface area contributed by atoms with Crippen molar-refractivity contribution in [3.8, 4) is 0 Å². The van der Waals surface area contributed by atoms with Crippen molar-refractivity contribution in [3.63, 3.8) is 0 Å². The zero-order valence-electron chi connectivity index (χ0n) is 11.2. The van der Waals surface area contributed by atoms with Crippen LogP contribution in [-0.2, 0) is 9.84 Å². The monoisotopic (exact) mass is 269 g/mol. The van der Waals surface area contributed by atoms with Gasteiger partial charge in [0.1, 0.15) is 9.84 Å². The van der Waals surface area contributed by atoms with Crippen molar-refractivity contribution >= 4 is 9.84 Å². The first-order valence-electron chi connectivity index (χ1n) is 6.45. The molecule has 0 fully saturated rings. The maximum atomic E-state index is 11.7. The van der Waals surface area contributed by atoms with Gasteiger partial charge in [-0.2, -0.15) is 0 Å². The van der Waals surface area contributed by atoms with E-state index in [0.717, 1.165) is 5.56 Å². The highest BCUT2D eigenvalue weighted by Gasteiger charge is 2.15. The minimum atomic E-state index is -2.91. The molecule has 0 aliphatic carbocycles. The van der Waals surface area contributed by atoms with E-state index in [1.807, 2.05) is 38.1 Å². The standard InChI is InChI=1S/C14H23NO2S/c1-3-9-18(16,17)10-8-14(11-15)13-6-4-12(2)5-7-13/h4-7,14H,3,8-11,15H2,1-2H3. The molecule has 1 atom stereocenters. The molecule has 0 saturated carbocycles. The predicted molar refractivity (Wildman–Crippen MR) is 76.5 cm³/mol. The summed E-state index contributed by atoms with van der Waals surface area (Å²) in [5, 5.41) is 0. The predicted octanol–water partition coefficient (Wildman–Crippen LogP) is 2.25. The summed E-state index contributed by atoms with van der Waals surface area (Å²) in [5.74, 6) is 0.645. The molecule has 0 aromatic heterocycles. The quantitative estimate of drug-likeness (QED) is 0.826. The van der Waals surface area contributed by atoms with Crippen LogP contribution in [0.15, 0.2) is 24.3 Å². The van der Waals surface area contributed by atoms with Gasteiger partial charge in [0.25, 0.3) is 0 Å². The molecule has 0 spiro atoms. The number of sulfone groups is 1. The molecule has 1 unspecified atom stereocenters. The van der Waals surface area contributed by atoms with Gasteiger partial charge in [-0.25, -0.2) is 8.42 Å². The number of hydrogen-bond donors (Lipinski definition) is 1.